The standard InChI is InChI=1S/C14H10BNO3.C7H6BFO2.C7H7BO2.C6H7BO2/c1-16-11-2-4-12(5-3-11)19-13-6-7-14-10(8-13)9-18-15(14)17;9-6-1-2-7-5(3-6)4-11-8(7)10;9-8-7-4-2-1-3-6(7)5-10-8;8-7(9)6-4-2-1-3-5-6/h2-8,17H,9H2;1-3,10H,4H2;1-4,9H,5H2;1-5,8-9H. The molecule has 0 saturated heterocycles. The Morgan fingerprint density at radius 3 is 1.69 bits per heavy atom. The third-order valence-electron chi connectivity index (χ3n) is 7.56. The van der Waals surface area contributed by atoms with Crippen molar-refractivity contribution in [3.05, 3.63) is 149 Å². The summed E-state index contributed by atoms with van der Waals surface area (Å²) < 4.78 is 33.2. The van der Waals surface area contributed by atoms with Crippen molar-refractivity contribution in [2.75, 3.05) is 0 Å². The topological polar surface area (TPSA) is 142 Å². The minimum absolute atomic E-state index is 0.290. The van der Waals surface area contributed by atoms with Crippen LogP contribution in [0.3, 0.4) is 0 Å². The molecule has 0 amide bonds. The lowest BCUT2D eigenvalue weighted by atomic mass is 9.80. The first kappa shape index (κ1) is 35.6. The summed E-state index contributed by atoms with van der Waals surface area (Å²) in [6.45, 7) is 8.12. The summed E-state index contributed by atoms with van der Waals surface area (Å²) in [7, 11) is -3.74. The second-order valence-electron chi connectivity index (χ2n) is 10.9. The van der Waals surface area contributed by atoms with Crippen molar-refractivity contribution in [1.29, 1.82) is 0 Å². The zero-order valence-corrected chi connectivity index (χ0v) is 26.1. The number of benzene rings is 5. The van der Waals surface area contributed by atoms with Gasteiger partial charge in [0.2, 0.25) is 0 Å². The maximum Gasteiger partial charge on any atom is 0.491 e. The molecule has 5 aromatic rings. The monoisotopic (exact) mass is 659 g/mol. The van der Waals surface area contributed by atoms with Gasteiger partial charge < -0.3 is 43.8 Å². The number of fused-ring (bicyclic) bond motifs is 3. The highest BCUT2D eigenvalue weighted by molar-refractivity contribution is 6.62. The molecule has 5 aromatic carbocycles. The van der Waals surface area contributed by atoms with E-state index >= 15 is 0 Å². The van der Waals surface area contributed by atoms with Crippen molar-refractivity contribution in [3.8, 4) is 11.5 Å². The van der Waals surface area contributed by atoms with Gasteiger partial charge in [0.1, 0.15) is 17.3 Å². The van der Waals surface area contributed by atoms with Gasteiger partial charge in [0.25, 0.3) is 0 Å². The van der Waals surface area contributed by atoms with Gasteiger partial charge in [0.05, 0.1) is 26.4 Å². The van der Waals surface area contributed by atoms with Gasteiger partial charge in [0, 0.05) is 0 Å². The molecular formula is C34H30B4FNO9. The predicted molar refractivity (Wildman–Crippen MR) is 186 cm³/mol. The summed E-state index contributed by atoms with van der Waals surface area (Å²) in [5.74, 6) is 1.07. The summed E-state index contributed by atoms with van der Waals surface area (Å²) in [6, 6.07) is 33.0. The number of halogens is 1. The van der Waals surface area contributed by atoms with Crippen molar-refractivity contribution in [2.24, 2.45) is 0 Å². The van der Waals surface area contributed by atoms with E-state index in [0.717, 1.165) is 27.6 Å². The van der Waals surface area contributed by atoms with Crippen LogP contribution < -0.4 is 26.6 Å². The second kappa shape index (κ2) is 17.1. The van der Waals surface area contributed by atoms with E-state index in [9.17, 15) is 9.41 Å². The third-order valence-corrected chi connectivity index (χ3v) is 7.56. The molecular weight excluding hydrogens is 629 g/mol. The molecule has 0 radical (unpaired) electrons. The minimum Gasteiger partial charge on any atom is -0.457 e. The Balaban J connectivity index is 0.000000135. The molecule has 0 bridgehead atoms. The van der Waals surface area contributed by atoms with E-state index in [4.69, 9.17) is 45.4 Å². The molecule has 0 unspecified atom stereocenters. The van der Waals surface area contributed by atoms with Crippen LogP contribution in [0.2, 0.25) is 0 Å². The first-order chi connectivity index (χ1) is 23.7. The summed E-state index contributed by atoms with van der Waals surface area (Å²) in [5, 5.41) is 45.0. The molecule has 10 nitrogen and oxygen atoms in total. The lowest BCUT2D eigenvalue weighted by molar-refractivity contribution is 0.274. The average Bonchev–Trinajstić information content (AvgIpc) is 3.82. The largest absolute Gasteiger partial charge is 0.491 e. The SMILES string of the molecule is OB(O)c1ccccc1.OB1OCc2cc(F)ccc21.OB1OCc2ccccc21.[C-]#[N+]c1ccc(Oc2ccc3c(c2)COB3O)cc1. The Labute approximate surface area is 284 Å². The first-order valence-electron chi connectivity index (χ1n) is 15.2. The molecule has 0 spiro atoms. The van der Waals surface area contributed by atoms with Gasteiger partial charge in [-0.05, 0) is 74.9 Å². The minimum atomic E-state index is -1.34. The van der Waals surface area contributed by atoms with Gasteiger partial charge in [-0.3, -0.25) is 0 Å². The van der Waals surface area contributed by atoms with E-state index in [0.29, 0.717) is 47.9 Å². The highest BCUT2D eigenvalue weighted by Crippen LogP contribution is 2.25. The fraction of sp³-hybridized carbons (Fsp3) is 0.0882. The fourth-order valence-corrected chi connectivity index (χ4v) is 4.98. The van der Waals surface area contributed by atoms with Crippen LogP contribution >= 0.6 is 0 Å². The highest BCUT2D eigenvalue weighted by Gasteiger charge is 2.28. The molecule has 0 atom stereocenters. The lowest BCUT2D eigenvalue weighted by Gasteiger charge is -2.07. The quantitative estimate of drug-likeness (QED) is 0.144. The van der Waals surface area contributed by atoms with Gasteiger partial charge in [0.15, 0.2) is 5.69 Å². The molecule has 0 fully saturated rings. The molecule has 0 aliphatic carbocycles. The van der Waals surface area contributed by atoms with E-state index in [-0.39, 0.29) is 5.82 Å². The molecule has 3 heterocycles. The summed E-state index contributed by atoms with van der Waals surface area (Å²) >= 11 is 0. The predicted octanol–water partition coefficient (Wildman–Crippen LogP) is 1.56. The molecule has 8 rings (SSSR count). The Bertz CT molecular complexity index is 1880. The van der Waals surface area contributed by atoms with E-state index in [1.807, 2.05) is 36.4 Å². The summed E-state index contributed by atoms with van der Waals surface area (Å²) in [5.41, 5.74) is 6.23. The van der Waals surface area contributed by atoms with E-state index in [2.05, 4.69) is 4.85 Å². The van der Waals surface area contributed by atoms with Gasteiger partial charge in [-0.25, -0.2) is 9.24 Å². The van der Waals surface area contributed by atoms with Crippen molar-refractivity contribution < 1.29 is 48.2 Å². The molecule has 49 heavy (non-hydrogen) atoms. The molecule has 5 N–H and O–H groups in total. The van der Waals surface area contributed by atoms with E-state index in [1.165, 1.54) is 12.1 Å². The van der Waals surface area contributed by atoms with Crippen LogP contribution in [0.4, 0.5) is 10.1 Å². The number of ether oxygens (including phenoxy) is 1. The van der Waals surface area contributed by atoms with Crippen molar-refractivity contribution in [2.45, 2.75) is 19.8 Å². The first-order valence-corrected chi connectivity index (χ1v) is 15.2. The number of hydrogen-bond acceptors (Lipinski definition) is 9. The fourth-order valence-electron chi connectivity index (χ4n) is 4.98. The lowest BCUT2D eigenvalue weighted by Crippen LogP contribution is -2.29. The van der Waals surface area contributed by atoms with Crippen molar-refractivity contribution >= 4 is 56.0 Å². The van der Waals surface area contributed by atoms with E-state index in [1.54, 1.807) is 66.7 Å². The normalized spacial score (nSPS) is 13.3. The molecule has 3 aliphatic rings. The molecule has 15 heteroatoms. The molecule has 0 saturated carbocycles. The maximum atomic E-state index is 12.6. The van der Waals surface area contributed by atoms with Crippen LogP contribution in [0.25, 0.3) is 4.85 Å². The third kappa shape index (κ3) is 9.67. The molecule has 244 valence electrons. The van der Waals surface area contributed by atoms with E-state index < -0.39 is 28.5 Å². The second-order valence-corrected chi connectivity index (χ2v) is 10.9. The number of rotatable bonds is 3. The number of hydrogen-bond donors (Lipinski definition) is 5. The van der Waals surface area contributed by atoms with Gasteiger partial charge in [-0.2, -0.15) is 0 Å². The van der Waals surface area contributed by atoms with Crippen molar-refractivity contribution in [1.82, 2.24) is 0 Å². The van der Waals surface area contributed by atoms with Crippen LogP contribution in [-0.2, 0) is 33.8 Å². The zero-order chi connectivity index (χ0) is 34.8. The molecule has 0 aromatic heterocycles. The average molecular weight is 659 g/mol. The summed E-state index contributed by atoms with van der Waals surface area (Å²) in [6.07, 6.45) is 0. The van der Waals surface area contributed by atoms with Gasteiger partial charge >= 0.3 is 28.5 Å². The molecule has 3 aliphatic heterocycles. The highest BCUT2D eigenvalue weighted by atomic mass is 19.1. The number of nitrogens with zero attached hydrogens (tertiary/aromatic N) is 1. The van der Waals surface area contributed by atoms with Crippen LogP contribution in [0.5, 0.6) is 11.5 Å². The van der Waals surface area contributed by atoms with Gasteiger partial charge in [-0.1, -0.05) is 78.9 Å². The van der Waals surface area contributed by atoms with Crippen LogP contribution in [0.15, 0.2) is 115 Å². The van der Waals surface area contributed by atoms with Crippen LogP contribution in [0, 0.1) is 12.4 Å². The van der Waals surface area contributed by atoms with Crippen LogP contribution in [-0.4, -0.2) is 53.6 Å². The summed E-state index contributed by atoms with van der Waals surface area (Å²) in [4.78, 5) is 3.32. The zero-order valence-electron chi connectivity index (χ0n) is 26.1. The van der Waals surface area contributed by atoms with Crippen LogP contribution in [0.1, 0.15) is 16.7 Å². The van der Waals surface area contributed by atoms with Crippen molar-refractivity contribution in [3.63, 3.8) is 0 Å². The Kier molecular flexibility index (Phi) is 12.4. The Hall–Kier alpha value is -4.74. The Morgan fingerprint density at radius 2 is 1.12 bits per heavy atom. The maximum absolute atomic E-state index is 12.6. The Morgan fingerprint density at radius 1 is 0.612 bits per heavy atom. The smallest absolute Gasteiger partial charge is 0.457 e. The van der Waals surface area contributed by atoms with Gasteiger partial charge in [-0.15, -0.1) is 0 Å².